The first kappa shape index (κ1) is 14.3. The number of alkyl carbamates (subject to hydrolysis) is 1. The van der Waals surface area contributed by atoms with Gasteiger partial charge in [-0.05, 0) is 33.6 Å². The summed E-state index contributed by atoms with van der Waals surface area (Å²) in [6, 6.07) is -0.0719. The maximum atomic E-state index is 11.6. The Morgan fingerprint density at radius 3 is 2.65 bits per heavy atom. The number of rotatable bonds is 2. The van der Waals surface area contributed by atoms with Gasteiger partial charge < -0.3 is 19.9 Å². The van der Waals surface area contributed by atoms with Gasteiger partial charge in [0.1, 0.15) is 5.60 Å². The predicted octanol–water partition coefficient (Wildman–Crippen LogP) is 1.30. The molecule has 1 aliphatic rings. The Morgan fingerprint density at radius 2 is 2.06 bits per heavy atom. The van der Waals surface area contributed by atoms with Gasteiger partial charge >= 0.3 is 6.09 Å². The molecule has 1 saturated heterocycles. The lowest BCUT2D eigenvalue weighted by molar-refractivity contribution is 0.0468. The van der Waals surface area contributed by atoms with Gasteiger partial charge in [-0.25, -0.2) is 4.79 Å². The molecule has 0 aromatic rings. The normalized spacial score (nSPS) is 26.1. The van der Waals surface area contributed by atoms with E-state index in [1.54, 1.807) is 0 Å². The van der Waals surface area contributed by atoms with E-state index in [0.717, 1.165) is 6.42 Å². The molecule has 5 heteroatoms. The van der Waals surface area contributed by atoms with Crippen molar-refractivity contribution in [3.05, 3.63) is 0 Å². The molecule has 1 aliphatic heterocycles. The number of carbonyl (C=O) groups is 1. The monoisotopic (exact) mass is 245 g/mol. The number of aliphatic hydroxyl groups is 1. The van der Waals surface area contributed by atoms with E-state index in [-0.39, 0.29) is 18.6 Å². The maximum absolute atomic E-state index is 11.6. The molecule has 5 nitrogen and oxygen atoms in total. The van der Waals surface area contributed by atoms with E-state index in [1.807, 2.05) is 20.8 Å². The lowest BCUT2D eigenvalue weighted by Gasteiger charge is -2.26. The van der Waals surface area contributed by atoms with Crippen molar-refractivity contribution in [2.45, 2.75) is 45.3 Å². The summed E-state index contributed by atoms with van der Waals surface area (Å²) in [6.45, 7) is 6.78. The highest BCUT2D eigenvalue weighted by molar-refractivity contribution is 5.68. The third-order valence-electron chi connectivity index (χ3n) is 2.71. The van der Waals surface area contributed by atoms with Crippen LogP contribution in [0.5, 0.6) is 0 Å². The Hall–Kier alpha value is -0.810. The Kier molecular flexibility index (Phi) is 5.21. The van der Waals surface area contributed by atoms with Gasteiger partial charge in [-0.15, -0.1) is 0 Å². The maximum Gasteiger partial charge on any atom is 0.407 e. The molecule has 0 saturated carbocycles. The summed E-state index contributed by atoms with van der Waals surface area (Å²) in [5.41, 5.74) is -0.500. The first-order valence-electron chi connectivity index (χ1n) is 6.10. The summed E-state index contributed by atoms with van der Waals surface area (Å²) in [4.78, 5) is 11.6. The van der Waals surface area contributed by atoms with Crippen molar-refractivity contribution in [3.63, 3.8) is 0 Å². The molecular formula is C12H23NO4. The lowest BCUT2D eigenvalue weighted by atomic mass is 9.96. The molecular weight excluding hydrogens is 222 g/mol. The molecule has 1 amide bonds. The molecule has 0 unspecified atom stereocenters. The second-order valence-corrected chi connectivity index (χ2v) is 5.39. The predicted molar refractivity (Wildman–Crippen MR) is 63.8 cm³/mol. The molecule has 0 aliphatic carbocycles. The average molecular weight is 245 g/mol. The molecule has 1 fully saturated rings. The molecule has 100 valence electrons. The van der Waals surface area contributed by atoms with Crippen LogP contribution in [0, 0.1) is 5.92 Å². The van der Waals surface area contributed by atoms with E-state index in [4.69, 9.17) is 9.47 Å². The number of amides is 1. The van der Waals surface area contributed by atoms with E-state index in [1.165, 1.54) is 0 Å². The molecule has 0 spiro atoms. The SMILES string of the molecule is CC(C)(C)OC(=O)N[C@@H]1CCOCC[C@@H]1CO. The van der Waals surface area contributed by atoms with E-state index in [2.05, 4.69) is 5.32 Å². The summed E-state index contributed by atoms with van der Waals surface area (Å²) >= 11 is 0. The highest BCUT2D eigenvalue weighted by Crippen LogP contribution is 2.17. The Morgan fingerprint density at radius 1 is 1.41 bits per heavy atom. The van der Waals surface area contributed by atoms with Crippen LogP contribution >= 0.6 is 0 Å². The fourth-order valence-electron chi connectivity index (χ4n) is 1.85. The van der Waals surface area contributed by atoms with Gasteiger partial charge in [-0.2, -0.15) is 0 Å². The first-order chi connectivity index (χ1) is 7.92. The lowest BCUT2D eigenvalue weighted by Crippen LogP contribution is -2.44. The molecule has 0 bridgehead atoms. The zero-order valence-corrected chi connectivity index (χ0v) is 10.9. The first-order valence-corrected chi connectivity index (χ1v) is 6.10. The zero-order chi connectivity index (χ0) is 12.9. The van der Waals surface area contributed by atoms with Crippen LogP contribution in [0.15, 0.2) is 0 Å². The van der Waals surface area contributed by atoms with E-state index >= 15 is 0 Å². The van der Waals surface area contributed by atoms with Gasteiger partial charge in [-0.3, -0.25) is 0 Å². The van der Waals surface area contributed by atoms with Crippen molar-refractivity contribution in [2.24, 2.45) is 5.92 Å². The van der Waals surface area contributed by atoms with Crippen LogP contribution in [0.1, 0.15) is 33.6 Å². The van der Waals surface area contributed by atoms with Crippen molar-refractivity contribution >= 4 is 6.09 Å². The summed E-state index contributed by atoms with van der Waals surface area (Å²) < 4.78 is 10.5. The number of aliphatic hydroxyl groups excluding tert-OH is 1. The average Bonchev–Trinajstić information content (AvgIpc) is 2.39. The van der Waals surface area contributed by atoms with Crippen LogP contribution in [0.4, 0.5) is 4.79 Å². The molecule has 0 radical (unpaired) electrons. The smallest absolute Gasteiger partial charge is 0.407 e. The quantitative estimate of drug-likeness (QED) is 0.769. The Labute approximate surface area is 102 Å². The Balaban J connectivity index is 2.49. The fraction of sp³-hybridized carbons (Fsp3) is 0.917. The van der Waals surface area contributed by atoms with Gasteiger partial charge in [0.25, 0.3) is 0 Å². The third-order valence-corrected chi connectivity index (χ3v) is 2.71. The highest BCUT2D eigenvalue weighted by atomic mass is 16.6. The van der Waals surface area contributed by atoms with Crippen molar-refractivity contribution in [1.82, 2.24) is 5.32 Å². The van der Waals surface area contributed by atoms with Crippen LogP contribution < -0.4 is 5.32 Å². The van der Waals surface area contributed by atoms with Crippen molar-refractivity contribution < 1.29 is 19.4 Å². The van der Waals surface area contributed by atoms with Crippen molar-refractivity contribution in [1.29, 1.82) is 0 Å². The highest BCUT2D eigenvalue weighted by Gasteiger charge is 2.26. The second kappa shape index (κ2) is 6.21. The van der Waals surface area contributed by atoms with Gasteiger partial charge in [-0.1, -0.05) is 0 Å². The molecule has 0 aromatic heterocycles. The van der Waals surface area contributed by atoms with Gasteiger partial charge in [0.05, 0.1) is 0 Å². The largest absolute Gasteiger partial charge is 0.444 e. The fourth-order valence-corrected chi connectivity index (χ4v) is 1.85. The van der Waals surface area contributed by atoms with E-state index < -0.39 is 11.7 Å². The topological polar surface area (TPSA) is 67.8 Å². The van der Waals surface area contributed by atoms with Crippen LogP contribution in [-0.2, 0) is 9.47 Å². The summed E-state index contributed by atoms with van der Waals surface area (Å²) in [5.74, 6) is 0.0463. The van der Waals surface area contributed by atoms with Gasteiger partial charge in [0.15, 0.2) is 0 Å². The van der Waals surface area contributed by atoms with E-state index in [0.29, 0.717) is 19.6 Å². The van der Waals surface area contributed by atoms with E-state index in [9.17, 15) is 9.90 Å². The molecule has 1 rings (SSSR count). The summed E-state index contributed by atoms with van der Waals surface area (Å²) in [5, 5.41) is 12.1. The van der Waals surface area contributed by atoms with Crippen molar-refractivity contribution in [3.8, 4) is 0 Å². The standard InChI is InChI=1S/C12H23NO4/c1-12(2,3)17-11(15)13-10-5-7-16-6-4-9(10)8-14/h9-10,14H,4-8H2,1-3H3,(H,13,15)/t9-,10-/m1/s1. The van der Waals surface area contributed by atoms with Crippen LogP contribution in [-0.4, -0.2) is 42.7 Å². The number of nitrogens with one attached hydrogen (secondary N) is 1. The van der Waals surface area contributed by atoms with Crippen LogP contribution in [0.3, 0.4) is 0 Å². The molecule has 2 N–H and O–H groups in total. The minimum Gasteiger partial charge on any atom is -0.444 e. The van der Waals surface area contributed by atoms with Crippen molar-refractivity contribution in [2.75, 3.05) is 19.8 Å². The molecule has 1 heterocycles. The Bertz CT molecular complexity index is 249. The third kappa shape index (κ3) is 5.37. The molecule has 2 atom stereocenters. The number of ether oxygens (including phenoxy) is 2. The zero-order valence-electron chi connectivity index (χ0n) is 10.9. The summed E-state index contributed by atoms with van der Waals surface area (Å²) in [6.07, 6.45) is 1.05. The minimum absolute atomic E-state index is 0.0463. The number of hydrogen-bond donors (Lipinski definition) is 2. The second-order valence-electron chi connectivity index (χ2n) is 5.39. The molecule has 17 heavy (non-hydrogen) atoms. The van der Waals surface area contributed by atoms with Crippen LogP contribution in [0.25, 0.3) is 0 Å². The number of hydrogen-bond acceptors (Lipinski definition) is 4. The van der Waals surface area contributed by atoms with Gasteiger partial charge in [0, 0.05) is 31.8 Å². The molecule has 0 aromatic carbocycles. The van der Waals surface area contributed by atoms with Crippen LogP contribution in [0.2, 0.25) is 0 Å². The summed E-state index contributed by atoms with van der Waals surface area (Å²) in [7, 11) is 0. The van der Waals surface area contributed by atoms with Gasteiger partial charge in [0.2, 0.25) is 0 Å². The number of carbonyl (C=O) groups excluding carboxylic acids is 1. The minimum atomic E-state index is -0.500.